The van der Waals surface area contributed by atoms with Gasteiger partial charge in [0.2, 0.25) is 0 Å². The fourth-order valence-corrected chi connectivity index (χ4v) is 3.38. The third kappa shape index (κ3) is 7.83. The van der Waals surface area contributed by atoms with Gasteiger partial charge in [-0.3, -0.25) is 9.11 Å². The molecule has 0 atom stereocenters. The van der Waals surface area contributed by atoms with Gasteiger partial charge in [0.1, 0.15) is 0 Å². The molecule has 0 unspecified atom stereocenters. The first-order valence-electron chi connectivity index (χ1n) is 6.76. The van der Waals surface area contributed by atoms with Gasteiger partial charge in [-0.05, 0) is 36.6 Å². The van der Waals surface area contributed by atoms with Gasteiger partial charge in [-0.15, -0.1) is 6.58 Å². The van der Waals surface area contributed by atoms with Gasteiger partial charge >= 0.3 is 29.6 Å². The minimum atomic E-state index is -4.10. The molecule has 132 valence electrons. The van der Waals surface area contributed by atoms with Crippen molar-refractivity contribution >= 4 is 20.2 Å². The zero-order chi connectivity index (χ0) is 18.4. The zero-order valence-electron chi connectivity index (χ0n) is 15.0. The number of hydrogen-bond donors (Lipinski definition) is 2. The SMILES string of the molecule is C=CCc1ccccc1S(=O)(=O)O.Cc1ccccc1S(=O)(=O)O.[H-].[Na+]. The van der Waals surface area contributed by atoms with E-state index in [9.17, 15) is 16.8 Å². The average Bonchev–Trinajstić information content (AvgIpc) is 2.47. The first kappa shape index (κ1) is 24.0. The minimum absolute atomic E-state index is 0. The molecule has 0 spiro atoms. The van der Waals surface area contributed by atoms with E-state index in [1.54, 1.807) is 49.4 Å². The summed E-state index contributed by atoms with van der Waals surface area (Å²) in [6.07, 6.45) is 2.01. The molecule has 0 aromatic heterocycles. The van der Waals surface area contributed by atoms with E-state index in [-0.39, 0.29) is 40.8 Å². The van der Waals surface area contributed by atoms with Gasteiger partial charge in [0, 0.05) is 0 Å². The van der Waals surface area contributed by atoms with Crippen molar-refractivity contribution in [3.8, 4) is 0 Å². The molecule has 0 aliphatic heterocycles. The van der Waals surface area contributed by atoms with Gasteiger partial charge in [0.05, 0.1) is 9.79 Å². The van der Waals surface area contributed by atoms with Crippen LogP contribution in [0.2, 0.25) is 0 Å². The normalized spacial score (nSPS) is 10.8. The molecule has 0 fully saturated rings. The summed E-state index contributed by atoms with van der Waals surface area (Å²) in [5, 5.41) is 0. The quantitative estimate of drug-likeness (QED) is 0.430. The van der Waals surface area contributed by atoms with E-state index in [0.29, 0.717) is 17.5 Å². The molecule has 0 saturated carbocycles. The van der Waals surface area contributed by atoms with Crippen molar-refractivity contribution in [1.29, 1.82) is 0 Å². The van der Waals surface area contributed by atoms with Gasteiger partial charge in [-0.1, -0.05) is 42.5 Å². The Bertz CT molecular complexity index is 927. The van der Waals surface area contributed by atoms with E-state index in [2.05, 4.69) is 6.58 Å². The van der Waals surface area contributed by atoms with Crippen LogP contribution in [-0.2, 0) is 26.7 Å². The van der Waals surface area contributed by atoms with Gasteiger partial charge in [-0.25, -0.2) is 0 Å². The maximum Gasteiger partial charge on any atom is 1.00 e. The largest absolute Gasteiger partial charge is 1.00 e. The number of aryl methyl sites for hydroxylation is 1. The fourth-order valence-electron chi connectivity index (χ4n) is 1.93. The van der Waals surface area contributed by atoms with Crippen molar-refractivity contribution in [2.45, 2.75) is 23.1 Å². The van der Waals surface area contributed by atoms with E-state index >= 15 is 0 Å². The second kappa shape index (κ2) is 10.2. The van der Waals surface area contributed by atoms with Crippen molar-refractivity contribution < 1.29 is 56.9 Å². The predicted octanol–water partition coefficient (Wildman–Crippen LogP) is 0.0200. The van der Waals surface area contributed by atoms with Crippen LogP contribution >= 0.6 is 0 Å². The molecule has 0 bridgehead atoms. The zero-order valence-corrected chi connectivity index (χ0v) is 17.6. The maximum absolute atomic E-state index is 10.8. The van der Waals surface area contributed by atoms with Crippen LogP contribution in [0.4, 0.5) is 0 Å². The Morgan fingerprint density at radius 3 is 1.76 bits per heavy atom. The molecular weight excluding hydrogens is 375 g/mol. The van der Waals surface area contributed by atoms with Crippen molar-refractivity contribution in [2.75, 3.05) is 0 Å². The van der Waals surface area contributed by atoms with Crippen LogP contribution in [0, 0.1) is 6.92 Å². The Kier molecular flexibility index (Phi) is 9.81. The Hall–Kier alpha value is -1.000. The van der Waals surface area contributed by atoms with E-state index in [4.69, 9.17) is 9.11 Å². The monoisotopic (exact) mass is 394 g/mol. The van der Waals surface area contributed by atoms with E-state index in [1.165, 1.54) is 12.1 Å². The summed E-state index contributed by atoms with van der Waals surface area (Å²) >= 11 is 0. The standard InChI is InChI=1S/C9H10O3S.C7H8O3S.Na.H/c1-2-5-8-6-3-4-7-9(8)13(10,11)12;1-6-4-2-3-5-7(6)11(8,9)10;;/h2-4,6-7H,1,5H2,(H,10,11,12);2-5H,1H3,(H,8,9,10);;/q;;+1;-1. The van der Waals surface area contributed by atoms with Crippen LogP contribution in [0.25, 0.3) is 0 Å². The minimum Gasteiger partial charge on any atom is -1.00 e. The number of hydrogen-bond acceptors (Lipinski definition) is 4. The van der Waals surface area contributed by atoms with Crippen molar-refractivity contribution in [3.63, 3.8) is 0 Å². The van der Waals surface area contributed by atoms with Crippen molar-refractivity contribution in [2.24, 2.45) is 0 Å². The Balaban J connectivity index is 0. The fraction of sp³-hybridized carbons (Fsp3) is 0.125. The first-order chi connectivity index (χ1) is 11.1. The Labute approximate surface area is 171 Å². The smallest absolute Gasteiger partial charge is 1.00 e. The van der Waals surface area contributed by atoms with Crippen LogP contribution in [0.1, 0.15) is 12.6 Å². The molecule has 0 saturated heterocycles. The van der Waals surface area contributed by atoms with Crippen LogP contribution in [0.15, 0.2) is 71.0 Å². The van der Waals surface area contributed by atoms with E-state index in [0.717, 1.165) is 0 Å². The van der Waals surface area contributed by atoms with Gasteiger partial charge < -0.3 is 1.43 Å². The topological polar surface area (TPSA) is 109 Å². The third-order valence-corrected chi connectivity index (χ3v) is 4.95. The van der Waals surface area contributed by atoms with Gasteiger partial charge in [-0.2, -0.15) is 16.8 Å². The van der Waals surface area contributed by atoms with Gasteiger partial charge in [0.15, 0.2) is 0 Å². The molecule has 2 aromatic rings. The second-order valence-electron chi connectivity index (χ2n) is 4.82. The number of rotatable bonds is 4. The summed E-state index contributed by atoms with van der Waals surface area (Å²) in [6.45, 7) is 5.13. The number of benzene rings is 2. The molecule has 0 radical (unpaired) electrons. The van der Waals surface area contributed by atoms with Crippen LogP contribution in [-0.4, -0.2) is 25.9 Å². The van der Waals surface area contributed by atoms with E-state index < -0.39 is 20.2 Å². The van der Waals surface area contributed by atoms with Crippen LogP contribution in [0.3, 0.4) is 0 Å². The first-order valence-corrected chi connectivity index (χ1v) is 9.64. The van der Waals surface area contributed by atoms with E-state index in [1.807, 2.05) is 0 Å². The molecule has 2 N–H and O–H groups in total. The molecule has 0 aliphatic rings. The Morgan fingerprint density at radius 1 is 0.920 bits per heavy atom. The molecule has 6 nitrogen and oxygen atoms in total. The average molecular weight is 394 g/mol. The maximum atomic E-state index is 10.8. The molecule has 0 amide bonds. The molecule has 25 heavy (non-hydrogen) atoms. The number of allylic oxidation sites excluding steroid dienone is 1. The van der Waals surface area contributed by atoms with Crippen LogP contribution in [0.5, 0.6) is 0 Å². The second-order valence-corrected chi connectivity index (χ2v) is 7.60. The van der Waals surface area contributed by atoms with Gasteiger partial charge in [0.25, 0.3) is 20.2 Å². The molecule has 2 aromatic carbocycles. The molecule has 9 heteroatoms. The predicted molar refractivity (Wildman–Crippen MR) is 92.3 cm³/mol. The summed E-state index contributed by atoms with van der Waals surface area (Å²) in [7, 11) is -8.14. The summed E-state index contributed by atoms with van der Waals surface area (Å²) in [5.41, 5.74) is 1.11. The summed E-state index contributed by atoms with van der Waals surface area (Å²) in [5.74, 6) is 0. The summed E-state index contributed by atoms with van der Waals surface area (Å²) in [6, 6.07) is 12.6. The third-order valence-electron chi connectivity index (χ3n) is 2.99. The Morgan fingerprint density at radius 2 is 1.36 bits per heavy atom. The molecule has 0 aliphatic carbocycles. The molecule has 0 heterocycles. The summed E-state index contributed by atoms with van der Waals surface area (Å²) < 4.78 is 60.4. The van der Waals surface area contributed by atoms with Crippen LogP contribution < -0.4 is 29.6 Å². The molecular formula is C16H19NaO6S2. The summed E-state index contributed by atoms with van der Waals surface area (Å²) in [4.78, 5) is -0.0742. The van der Waals surface area contributed by atoms with Crippen molar-refractivity contribution in [1.82, 2.24) is 0 Å². The van der Waals surface area contributed by atoms with Crippen molar-refractivity contribution in [3.05, 3.63) is 72.3 Å². The molecule has 2 rings (SSSR count).